The molecule has 0 saturated heterocycles. The van der Waals surface area contributed by atoms with Crippen LogP contribution in [0.5, 0.6) is 0 Å². The standard InChI is InChI=1S/C23H20F3N3O2S/c1-15-20(19(30)12-13-28(2)3)32-22(27-15)29(21(31)16-8-5-4-6-9-16)18-11-7-10-17(14-18)23(24,25)26/h4-14H,1-3H3. The molecule has 0 fully saturated rings. The highest BCUT2D eigenvalue weighted by Gasteiger charge is 2.32. The normalized spacial score (nSPS) is 11.6. The maximum atomic E-state index is 13.3. The minimum Gasteiger partial charge on any atom is -0.383 e. The van der Waals surface area contributed by atoms with Crippen molar-refractivity contribution in [2.75, 3.05) is 19.0 Å². The number of hydrogen-bond acceptors (Lipinski definition) is 5. The number of rotatable bonds is 6. The second-order valence-corrected chi connectivity index (χ2v) is 8.09. The van der Waals surface area contributed by atoms with E-state index in [4.69, 9.17) is 0 Å². The molecule has 32 heavy (non-hydrogen) atoms. The van der Waals surface area contributed by atoms with Gasteiger partial charge in [0.2, 0.25) is 0 Å². The van der Waals surface area contributed by atoms with Crippen molar-refractivity contribution >= 4 is 33.8 Å². The second kappa shape index (κ2) is 9.35. The molecule has 0 aliphatic carbocycles. The van der Waals surface area contributed by atoms with Gasteiger partial charge in [-0.05, 0) is 37.3 Å². The van der Waals surface area contributed by atoms with Crippen LogP contribution in [0.2, 0.25) is 0 Å². The fraction of sp³-hybridized carbons (Fsp3) is 0.174. The molecule has 9 heteroatoms. The predicted molar refractivity (Wildman–Crippen MR) is 118 cm³/mol. The molecule has 1 amide bonds. The van der Waals surface area contributed by atoms with Crippen LogP contribution >= 0.6 is 11.3 Å². The van der Waals surface area contributed by atoms with Crippen LogP contribution < -0.4 is 4.90 Å². The summed E-state index contributed by atoms with van der Waals surface area (Å²) in [7, 11) is 3.53. The maximum absolute atomic E-state index is 13.3. The predicted octanol–water partition coefficient (Wildman–Crippen LogP) is 5.71. The van der Waals surface area contributed by atoms with Crippen molar-refractivity contribution < 1.29 is 22.8 Å². The molecule has 3 rings (SSSR count). The number of thiazole rings is 1. The number of allylic oxidation sites excluding steroid dienone is 1. The molecule has 0 N–H and O–H groups in total. The number of halogens is 3. The van der Waals surface area contributed by atoms with Crippen molar-refractivity contribution in [1.82, 2.24) is 9.88 Å². The first-order valence-corrected chi connectivity index (χ1v) is 10.3. The first-order chi connectivity index (χ1) is 15.1. The molecule has 166 valence electrons. The van der Waals surface area contributed by atoms with Gasteiger partial charge in [-0.3, -0.25) is 14.5 Å². The monoisotopic (exact) mass is 459 g/mol. The number of hydrogen-bond donors (Lipinski definition) is 0. The zero-order valence-corrected chi connectivity index (χ0v) is 18.4. The Morgan fingerprint density at radius 2 is 1.72 bits per heavy atom. The summed E-state index contributed by atoms with van der Waals surface area (Å²) in [6.07, 6.45) is -1.62. The van der Waals surface area contributed by atoms with E-state index in [-0.39, 0.29) is 22.2 Å². The molecule has 0 radical (unpaired) electrons. The van der Waals surface area contributed by atoms with Crippen molar-refractivity contribution in [1.29, 1.82) is 0 Å². The van der Waals surface area contributed by atoms with Crippen LogP contribution in [0.15, 0.2) is 66.9 Å². The van der Waals surface area contributed by atoms with Crippen LogP contribution in [-0.4, -0.2) is 35.7 Å². The highest BCUT2D eigenvalue weighted by Crippen LogP contribution is 2.37. The SMILES string of the molecule is Cc1nc(N(C(=O)c2ccccc2)c2cccc(C(F)(F)F)c2)sc1C(=O)C=CN(C)C. The van der Waals surface area contributed by atoms with Crippen molar-refractivity contribution in [3.63, 3.8) is 0 Å². The Morgan fingerprint density at radius 3 is 2.34 bits per heavy atom. The number of amides is 1. The molecular formula is C23H20F3N3O2S. The maximum Gasteiger partial charge on any atom is 0.416 e. The average Bonchev–Trinajstić information content (AvgIpc) is 3.13. The number of ketones is 1. The number of alkyl halides is 3. The van der Waals surface area contributed by atoms with E-state index in [1.807, 2.05) is 0 Å². The lowest BCUT2D eigenvalue weighted by Crippen LogP contribution is -2.26. The third kappa shape index (κ3) is 5.23. The Hall–Kier alpha value is -3.46. The Kier molecular flexibility index (Phi) is 6.78. The van der Waals surface area contributed by atoms with Crippen molar-refractivity contribution in [3.05, 3.63) is 88.6 Å². The van der Waals surface area contributed by atoms with E-state index < -0.39 is 17.6 Å². The van der Waals surface area contributed by atoms with Crippen LogP contribution in [0.25, 0.3) is 0 Å². The van der Waals surface area contributed by atoms with Crippen molar-refractivity contribution in [2.45, 2.75) is 13.1 Å². The quantitative estimate of drug-likeness (QED) is 0.350. The third-order valence-electron chi connectivity index (χ3n) is 4.38. The van der Waals surface area contributed by atoms with E-state index in [0.29, 0.717) is 10.6 Å². The first-order valence-electron chi connectivity index (χ1n) is 9.51. The molecule has 0 aliphatic heterocycles. The largest absolute Gasteiger partial charge is 0.416 e. The molecule has 2 aromatic carbocycles. The smallest absolute Gasteiger partial charge is 0.383 e. The van der Waals surface area contributed by atoms with Gasteiger partial charge in [-0.1, -0.05) is 35.6 Å². The van der Waals surface area contributed by atoms with Gasteiger partial charge in [0.15, 0.2) is 10.9 Å². The molecule has 5 nitrogen and oxygen atoms in total. The summed E-state index contributed by atoms with van der Waals surface area (Å²) in [6.45, 7) is 1.62. The zero-order chi connectivity index (χ0) is 23.5. The molecule has 0 atom stereocenters. The average molecular weight is 459 g/mol. The molecule has 0 bridgehead atoms. The Morgan fingerprint density at radius 1 is 1.03 bits per heavy atom. The van der Waals surface area contributed by atoms with Crippen LogP contribution in [0.4, 0.5) is 24.0 Å². The van der Waals surface area contributed by atoms with Gasteiger partial charge in [-0.25, -0.2) is 4.98 Å². The summed E-state index contributed by atoms with van der Waals surface area (Å²) in [6, 6.07) is 12.6. The Labute approximate surface area is 187 Å². The van der Waals surface area contributed by atoms with E-state index in [2.05, 4.69) is 4.98 Å². The van der Waals surface area contributed by atoms with Crippen LogP contribution in [0.3, 0.4) is 0 Å². The fourth-order valence-corrected chi connectivity index (χ4v) is 3.85. The van der Waals surface area contributed by atoms with Crippen LogP contribution in [0, 0.1) is 6.92 Å². The van der Waals surface area contributed by atoms with Crippen LogP contribution in [0.1, 0.15) is 31.3 Å². The van der Waals surface area contributed by atoms with Crippen molar-refractivity contribution in [3.8, 4) is 0 Å². The van der Waals surface area contributed by atoms with E-state index >= 15 is 0 Å². The van der Waals surface area contributed by atoms with Crippen LogP contribution in [-0.2, 0) is 6.18 Å². The third-order valence-corrected chi connectivity index (χ3v) is 5.54. The number of anilines is 2. The minimum atomic E-state index is -4.58. The number of benzene rings is 2. The summed E-state index contributed by atoms with van der Waals surface area (Å²) in [4.78, 5) is 33.3. The van der Waals surface area contributed by atoms with E-state index in [9.17, 15) is 22.8 Å². The lowest BCUT2D eigenvalue weighted by Gasteiger charge is -2.21. The lowest BCUT2D eigenvalue weighted by atomic mass is 10.1. The molecule has 0 aliphatic rings. The van der Waals surface area contributed by atoms with Gasteiger partial charge in [0, 0.05) is 31.9 Å². The molecule has 0 saturated carbocycles. The highest BCUT2D eigenvalue weighted by molar-refractivity contribution is 7.18. The highest BCUT2D eigenvalue weighted by atomic mass is 32.1. The topological polar surface area (TPSA) is 53.5 Å². The number of carbonyl (C=O) groups is 2. The molecular weight excluding hydrogens is 439 g/mol. The fourth-order valence-electron chi connectivity index (χ4n) is 2.84. The molecule has 0 spiro atoms. The van der Waals surface area contributed by atoms with Gasteiger partial charge in [0.25, 0.3) is 5.91 Å². The first kappa shape index (κ1) is 23.2. The van der Waals surface area contributed by atoms with Gasteiger partial charge in [0.1, 0.15) is 0 Å². The Bertz CT molecular complexity index is 1150. The summed E-state index contributed by atoms with van der Waals surface area (Å²) >= 11 is 0.952. The number of aromatic nitrogens is 1. The Balaban J connectivity index is 2.12. The van der Waals surface area contributed by atoms with E-state index in [0.717, 1.165) is 28.4 Å². The van der Waals surface area contributed by atoms with Gasteiger partial charge in [-0.15, -0.1) is 0 Å². The van der Waals surface area contributed by atoms with E-state index in [1.54, 1.807) is 62.5 Å². The van der Waals surface area contributed by atoms with E-state index in [1.165, 1.54) is 18.2 Å². The van der Waals surface area contributed by atoms with Gasteiger partial charge < -0.3 is 4.90 Å². The molecule has 0 unspecified atom stereocenters. The van der Waals surface area contributed by atoms with Gasteiger partial charge in [0.05, 0.1) is 21.8 Å². The molecule has 1 heterocycles. The second-order valence-electron chi connectivity index (χ2n) is 7.11. The van der Waals surface area contributed by atoms with Gasteiger partial charge in [-0.2, -0.15) is 13.2 Å². The number of carbonyl (C=O) groups excluding carboxylic acids is 2. The summed E-state index contributed by atoms with van der Waals surface area (Å²) in [5, 5.41) is 0.109. The number of nitrogens with zero attached hydrogens (tertiary/aromatic N) is 3. The summed E-state index contributed by atoms with van der Waals surface area (Å²) in [5.74, 6) is -0.863. The summed E-state index contributed by atoms with van der Waals surface area (Å²) in [5.41, 5.74) is -0.223. The summed E-state index contributed by atoms with van der Waals surface area (Å²) < 4.78 is 39.9. The number of aryl methyl sites for hydroxylation is 1. The molecule has 3 aromatic rings. The minimum absolute atomic E-state index is 0.00487. The van der Waals surface area contributed by atoms with Crippen molar-refractivity contribution in [2.24, 2.45) is 0 Å². The zero-order valence-electron chi connectivity index (χ0n) is 17.6. The van der Waals surface area contributed by atoms with Gasteiger partial charge >= 0.3 is 6.18 Å². The lowest BCUT2D eigenvalue weighted by molar-refractivity contribution is -0.137. The molecule has 1 aromatic heterocycles.